The van der Waals surface area contributed by atoms with Gasteiger partial charge in [-0.15, -0.1) is 0 Å². The number of primary amides is 1. The van der Waals surface area contributed by atoms with Crippen LogP contribution in [-0.4, -0.2) is 58.4 Å². The topological polar surface area (TPSA) is 88.8 Å². The van der Waals surface area contributed by atoms with E-state index in [4.69, 9.17) is 27.7 Å². The summed E-state index contributed by atoms with van der Waals surface area (Å²) in [6, 6.07) is 8.27. The van der Waals surface area contributed by atoms with Crippen molar-refractivity contribution in [3.05, 3.63) is 40.3 Å². The summed E-state index contributed by atoms with van der Waals surface area (Å²) < 4.78 is 6.29. The highest BCUT2D eigenvalue weighted by Crippen LogP contribution is 2.36. The van der Waals surface area contributed by atoms with Gasteiger partial charge in [-0.1, -0.05) is 35.6 Å². The molecule has 2 aromatic rings. The molecule has 3 aliphatic heterocycles. The predicted molar refractivity (Wildman–Crippen MR) is 139 cm³/mol. The van der Waals surface area contributed by atoms with Gasteiger partial charge in [0.05, 0.1) is 23.1 Å². The van der Waals surface area contributed by atoms with E-state index in [0.29, 0.717) is 41.7 Å². The minimum atomic E-state index is -0.239. The maximum absolute atomic E-state index is 13.2. The highest BCUT2D eigenvalue weighted by Gasteiger charge is 2.35. The van der Waals surface area contributed by atoms with Crippen molar-refractivity contribution in [3.8, 4) is 0 Å². The molecule has 2 N–H and O–H groups in total. The molecular weight excluding hydrogens is 468 g/mol. The summed E-state index contributed by atoms with van der Waals surface area (Å²) in [4.78, 5) is 34.3. The zero-order valence-corrected chi connectivity index (χ0v) is 20.8. The number of anilines is 1. The third kappa shape index (κ3) is 4.69. The number of aryl methyl sites for hydroxylation is 1. The fourth-order valence-corrected chi connectivity index (χ4v) is 6.09. The van der Waals surface area contributed by atoms with Gasteiger partial charge >= 0.3 is 0 Å². The second-order valence-electron chi connectivity index (χ2n) is 9.19. The Bertz CT molecular complexity index is 1180. The van der Waals surface area contributed by atoms with Gasteiger partial charge in [0, 0.05) is 36.6 Å². The van der Waals surface area contributed by atoms with Gasteiger partial charge in [-0.3, -0.25) is 14.5 Å². The number of ether oxygens (including phenoxy) is 1. The monoisotopic (exact) mass is 496 g/mol. The fraction of sp³-hybridized carbons (Fsp3) is 0.440. The van der Waals surface area contributed by atoms with Crippen LogP contribution >= 0.6 is 24.0 Å². The van der Waals surface area contributed by atoms with Crippen molar-refractivity contribution in [1.82, 2.24) is 9.88 Å². The lowest BCUT2D eigenvalue weighted by Crippen LogP contribution is -2.39. The number of thiocarbonyl (C=S) groups is 1. The molecule has 3 fully saturated rings. The van der Waals surface area contributed by atoms with Crippen LogP contribution in [0.5, 0.6) is 0 Å². The van der Waals surface area contributed by atoms with Crippen LogP contribution in [0.4, 0.5) is 5.82 Å². The van der Waals surface area contributed by atoms with E-state index in [9.17, 15) is 9.59 Å². The Hall–Kier alpha value is -2.49. The summed E-state index contributed by atoms with van der Waals surface area (Å²) >= 11 is 6.87. The van der Waals surface area contributed by atoms with Gasteiger partial charge in [-0.25, -0.2) is 4.98 Å². The molecule has 0 bridgehead atoms. The van der Waals surface area contributed by atoms with E-state index in [1.54, 1.807) is 4.90 Å². The highest BCUT2D eigenvalue weighted by molar-refractivity contribution is 8.26. The molecule has 3 aliphatic rings. The number of hydrogen-bond acceptors (Lipinski definition) is 7. The van der Waals surface area contributed by atoms with Crippen molar-refractivity contribution in [2.24, 2.45) is 11.7 Å². The van der Waals surface area contributed by atoms with Gasteiger partial charge in [0.2, 0.25) is 5.91 Å². The molecule has 0 radical (unpaired) electrons. The maximum Gasteiger partial charge on any atom is 0.266 e. The van der Waals surface area contributed by atoms with Gasteiger partial charge in [0.1, 0.15) is 10.1 Å². The van der Waals surface area contributed by atoms with Crippen molar-refractivity contribution >= 4 is 62.9 Å². The van der Waals surface area contributed by atoms with E-state index < -0.39 is 0 Å². The van der Waals surface area contributed by atoms with Gasteiger partial charge in [-0.2, -0.15) is 0 Å². The van der Waals surface area contributed by atoms with Crippen LogP contribution in [0.15, 0.2) is 29.2 Å². The molecule has 1 aromatic carbocycles. The van der Waals surface area contributed by atoms with Gasteiger partial charge in [-0.05, 0) is 56.9 Å². The first kappa shape index (κ1) is 23.3. The molecule has 1 unspecified atom stereocenters. The SMILES string of the molecule is Cc1ccc2nc(N3CCC(C(N)=O)CC3)c(/C=C3\SC(=S)N(CC4CCCO4)C3=O)cc2c1. The normalized spacial score (nSPS) is 23.0. The number of piperidine rings is 1. The number of hydrogen-bond donors (Lipinski definition) is 1. The van der Waals surface area contributed by atoms with Crippen LogP contribution in [0, 0.1) is 12.8 Å². The first-order valence-corrected chi connectivity index (χ1v) is 12.9. The van der Waals surface area contributed by atoms with E-state index >= 15 is 0 Å². The molecule has 0 spiro atoms. The molecule has 5 rings (SSSR count). The molecular formula is C25H28N4O3S2. The van der Waals surface area contributed by atoms with Crippen molar-refractivity contribution in [2.45, 2.75) is 38.7 Å². The molecule has 1 aromatic heterocycles. The van der Waals surface area contributed by atoms with Crippen LogP contribution in [0.2, 0.25) is 0 Å². The Balaban J connectivity index is 1.48. The number of carbonyl (C=O) groups is 2. The average Bonchev–Trinajstić information content (AvgIpc) is 3.43. The van der Waals surface area contributed by atoms with E-state index in [1.165, 1.54) is 11.8 Å². The number of carbonyl (C=O) groups excluding carboxylic acids is 2. The summed E-state index contributed by atoms with van der Waals surface area (Å²) in [5, 5.41) is 1.02. The molecule has 3 saturated heterocycles. The summed E-state index contributed by atoms with van der Waals surface area (Å²) in [6.07, 6.45) is 5.34. The number of fused-ring (bicyclic) bond motifs is 1. The van der Waals surface area contributed by atoms with Crippen LogP contribution in [0.1, 0.15) is 36.8 Å². The molecule has 4 heterocycles. The lowest BCUT2D eigenvalue weighted by atomic mass is 9.96. The average molecular weight is 497 g/mol. The first-order valence-electron chi connectivity index (χ1n) is 11.7. The Morgan fingerprint density at radius 1 is 1.29 bits per heavy atom. The third-order valence-electron chi connectivity index (χ3n) is 6.75. The number of thioether (sulfide) groups is 1. The molecule has 0 aliphatic carbocycles. The minimum absolute atomic E-state index is 0.0503. The van der Waals surface area contributed by atoms with Crippen molar-refractivity contribution in [1.29, 1.82) is 0 Å². The number of benzene rings is 1. The standard InChI is InChI=1S/C25H28N4O3S2/c1-15-4-5-20-17(11-15)12-18(23(27-20)28-8-6-16(7-9-28)22(26)30)13-21-24(31)29(25(33)34-21)14-19-3-2-10-32-19/h4-5,11-13,16,19H,2-3,6-10,14H2,1H3,(H2,26,30)/b21-13-. The summed E-state index contributed by atoms with van der Waals surface area (Å²) in [6.45, 7) is 4.69. The van der Waals surface area contributed by atoms with E-state index in [2.05, 4.69) is 24.0 Å². The molecule has 2 amide bonds. The van der Waals surface area contributed by atoms with Crippen molar-refractivity contribution < 1.29 is 14.3 Å². The molecule has 1 atom stereocenters. The van der Waals surface area contributed by atoms with Crippen LogP contribution in [-0.2, 0) is 14.3 Å². The molecule has 178 valence electrons. The van der Waals surface area contributed by atoms with Crippen LogP contribution in [0.3, 0.4) is 0 Å². The smallest absolute Gasteiger partial charge is 0.266 e. The van der Waals surface area contributed by atoms with E-state index in [1.807, 2.05) is 18.2 Å². The number of nitrogens with zero attached hydrogens (tertiary/aromatic N) is 3. The lowest BCUT2D eigenvalue weighted by molar-refractivity contribution is -0.123. The zero-order chi connectivity index (χ0) is 23.8. The van der Waals surface area contributed by atoms with E-state index in [-0.39, 0.29) is 23.8 Å². The minimum Gasteiger partial charge on any atom is -0.376 e. The van der Waals surface area contributed by atoms with Crippen molar-refractivity contribution in [3.63, 3.8) is 0 Å². The third-order valence-corrected chi connectivity index (χ3v) is 8.12. The van der Waals surface area contributed by atoms with Gasteiger partial charge < -0.3 is 15.4 Å². The first-order chi connectivity index (χ1) is 16.4. The summed E-state index contributed by atoms with van der Waals surface area (Å²) in [5.74, 6) is 0.408. The number of pyridine rings is 1. The summed E-state index contributed by atoms with van der Waals surface area (Å²) in [7, 11) is 0. The Labute approximate surface area is 208 Å². The molecule has 34 heavy (non-hydrogen) atoms. The van der Waals surface area contributed by atoms with Crippen LogP contribution < -0.4 is 10.6 Å². The zero-order valence-electron chi connectivity index (χ0n) is 19.2. The lowest BCUT2D eigenvalue weighted by Gasteiger charge is -2.32. The second kappa shape index (κ2) is 9.64. The fourth-order valence-electron chi connectivity index (χ4n) is 4.83. The number of rotatable bonds is 5. The summed E-state index contributed by atoms with van der Waals surface area (Å²) in [5.41, 5.74) is 8.47. The van der Waals surface area contributed by atoms with Crippen molar-refractivity contribution in [2.75, 3.05) is 31.1 Å². The van der Waals surface area contributed by atoms with Gasteiger partial charge in [0.15, 0.2) is 0 Å². The Morgan fingerprint density at radius 2 is 2.09 bits per heavy atom. The number of amides is 2. The van der Waals surface area contributed by atoms with E-state index in [0.717, 1.165) is 47.3 Å². The largest absolute Gasteiger partial charge is 0.376 e. The van der Waals surface area contributed by atoms with Gasteiger partial charge in [0.25, 0.3) is 5.91 Å². The van der Waals surface area contributed by atoms with Crippen LogP contribution in [0.25, 0.3) is 17.0 Å². The quantitative estimate of drug-likeness (QED) is 0.500. The molecule has 0 saturated carbocycles. The Morgan fingerprint density at radius 3 is 2.79 bits per heavy atom. The maximum atomic E-state index is 13.2. The second-order valence-corrected chi connectivity index (χ2v) is 10.9. The number of aromatic nitrogens is 1. The highest BCUT2D eigenvalue weighted by atomic mass is 32.2. The number of nitrogens with two attached hydrogens (primary N) is 1. The molecule has 7 nitrogen and oxygen atoms in total. The molecule has 9 heteroatoms. The Kier molecular flexibility index (Phi) is 6.59. The predicted octanol–water partition coefficient (Wildman–Crippen LogP) is 3.63.